The summed E-state index contributed by atoms with van der Waals surface area (Å²) in [6.45, 7) is 2.85. The van der Waals surface area contributed by atoms with Crippen LogP contribution >= 0.6 is 0 Å². The van der Waals surface area contributed by atoms with Gasteiger partial charge in [0.1, 0.15) is 17.1 Å². The highest BCUT2D eigenvalue weighted by Crippen LogP contribution is 2.21. The summed E-state index contributed by atoms with van der Waals surface area (Å²) < 4.78 is 2.06. The first-order valence-electron chi connectivity index (χ1n) is 7.03. The molecule has 0 bridgehead atoms. The summed E-state index contributed by atoms with van der Waals surface area (Å²) in [6, 6.07) is 10.7. The first-order valence-corrected chi connectivity index (χ1v) is 7.03. The number of rotatable bonds is 4. The lowest BCUT2D eigenvalue weighted by Crippen LogP contribution is -2.19. The van der Waals surface area contributed by atoms with Crippen LogP contribution in [0, 0.1) is 0 Å². The second-order valence-corrected chi connectivity index (χ2v) is 5.04. The molecule has 21 heavy (non-hydrogen) atoms. The molecule has 3 rings (SSSR count). The Bertz CT molecular complexity index is 749. The third kappa shape index (κ3) is 2.60. The van der Waals surface area contributed by atoms with E-state index < -0.39 is 0 Å². The predicted molar refractivity (Wildman–Crippen MR) is 81.9 cm³/mol. The molecule has 5 nitrogen and oxygen atoms in total. The van der Waals surface area contributed by atoms with Gasteiger partial charge in [0, 0.05) is 12.7 Å². The van der Waals surface area contributed by atoms with Gasteiger partial charge in [-0.15, -0.1) is 0 Å². The minimum Gasteiger partial charge on any atom is -0.508 e. The molecule has 0 spiro atoms. The molecular weight excluding hydrogens is 264 g/mol. The van der Waals surface area contributed by atoms with Crippen LogP contribution < -0.4 is 5.73 Å². The van der Waals surface area contributed by atoms with Crippen LogP contribution in [0.4, 0.5) is 0 Å². The summed E-state index contributed by atoms with van der Waals surface area (Å²) in [7, 11) is 0. The molecule has 0 saturated heterocycles. The van der Waals surface area contributed by atoms with Gasteiger partial charge >= 0.3 is 0 Å². The van der Waals surface area contributed by atoms with E-state index in [1.54, 1.807) is 18.3 Å². The molecule has 5 heteroatoms. The molecule has 0 radical (unpaired) electrons. The first-order chi connectivity index (χ1) is 10.2. The number of fused-ring (bicyclic) bond motifs is 1. The lowest BCUT2D eigenvalue weighted by atomic mass is 10.1. The lowest BCUT2D eigenvalue weighted by molar-refractivity contribution is 0.475. The van der Waals surface area contributed by atoms with Crippen molar-refractivity contribution in [2.45, 2.75) is 25.9 Å². The fraction of sp³-hybridized carbons (Fsp3) is 0.250. The highest BCUT2D eigenvalue weighted by Gasteiger charge is 2.17. The molecule has 3 N–H and O–H groups in total. The maximum Gasteiger partial charge on any atom is 0.160 e. The number of hydrogen-bond acceptors (Lipinski definition) is 4. The third-order valence-corrected chi connectivity index (χ3v) is 3.57. The molecule has 1 atom stereocenters. The topological polar surface area (TPSA) is 77.0 Å². The average molecular weight is 282 g/mol. The summed E-state index contributed by atoms with van der Waals surface area (Å²) in [5.74, 6) is 1.11. The quantitative estimate of drug-likeness (QED) is 0.770. The summed E-state index contributed by atoms with van der Waals surface area (Å²) in [4.78, 5) is 9.01. The van der Waals surface area contributed by atoms with Gasteiger partial charge in [0.2, 0.25) is 0 Å². The van der Waals surface area contributed by atoms with Crippen LogP contribution in [-0.2, 0) is 13.0 Å². The van der Waals surface area contributed by atoms with Crippen LogP contribution in [0.1, 0.15) is 24.4 Å². The van der Waals surface area contributed by atoms with Crippen LogP contribution in [0.3, 0.4) is 0 Å². The van der Waals surface area contributed by atoms with E-state index in [2.05, 4.69) is 21.5 Å². The molecule has 0 fully saturated rings. The largest absolute Gasteiger partial charge is 0.508 e. The van der Waals surface area contributed by atoms with E-state index in [9.17, 15) is 5.11 Å². The van der Waals surface area contributed by atoms with Gasteiger partial charge < -0.3 is 15.4 Å². The molecule has 1 aromatic carbocycles. The van der Waals surface area contributed by atoms with Gasteiger partial charge in [-0.2, -0.15) is 0 Å². The highest BCUT2D eigenvalue weighted by molar-refractivity contribution is 5.71. The Morgan fingerprint density at radius 1 is 1.24 bits per heavy atom. The number of phenols is 1. The Morgan fingerprint density at radius 2 is 2.00 bits per heavy atom. The maximum atomic E-state index is 9.33. The smallest absolute Gasteiger partial charge is 0.160 e. The number of pyridine rings is 1. The van der Waals surface area contributed by atoms with Gasteiger partial charge in [-0.25, -0.2) is 9.97 Å². The third-order valence-electron chi connectivity index (χ3n) is 3.57. The van der Waals surface area contributed by atoms with Gasteiger partial charge in [-0.05, 0) is 43.2 Å². The Hall–Kier alpha value is -2.40. The maximum absolute atomic E-state index is 9.33. The zero-order valence-electron chi connectivity index (χ0n) is 11.9. The van der Waals surface area contributed by atoms with E-state index in [0.717, 1.165) is 29.1 Å². The molecule has 0 aliphatic rings. The van der Waals surface area contributed by atoms with Crippen LogP contribution in [0.15, 0.2) is 42.6 Å². The van der Waals surface area contributed by atoms with Crippen molar-refractivity contribution < 1.29 is 5.11 Å². The number of aromatic hydroxyl groups is 1. The van der Waals surface area contributed by atoms with Crippen molar-refractivity contribution in [2.24, 2.45) is 5.73 Å². The number of nitrogens with zero attached hydrogens (tertiary/aromatic N) is 3. The zero-order chi connectivity index (χ0) is 14.8. The standard InChI is InChI=1S/C16H18N4O/c1-2-20-15(19-14-4-3-9-18-16(14)20)13(17)10-11-5-7-12(21)8-6-11/h3-9,13,21H,2,10,17H2,1H3. The van der Waals surface area contributed by atoms with E-state index in [-0.39, 0.29) is 11.8 Å². The van der Waals surface area contributed by atoms with Crippen molar-refractivity contribution in [3.8, 4) is 5.75 Å². The van der Waals surface area contributed by atoms with Crippen molar-refractivity contribution in [2.75, 3.05) is 0 Å². The Labute approximate surface area is 123 Å². The van der Waals surface area contributed by atoms with E-state index in [0.29, 0.717) is 6.42 Å². The number of benzene rings is 1. The number of aryl methyl sites for hydroxylation is 1. The van der Waals surface area contributed by atoms with Gasteiger partial charge in [0.25, 0.3) is 0 Å². The van der Waals surface area contributed by atoms with Crippen molar-refractivity contribution in [1.29, 1.82) is 0 Å². The molecule has 108 valence electrons. The molecular formula is C16H18N4O. The highest BCUT2D eigenvalue weighted by atomic mass is 16.3. The summed E-state index contributed by atoms with van der Waals surface area (Å²) >= 11 is 0. The summed E-state index contributed by atoms with van der Waals surface area (Å²) in [5.41, 5.74) is 9.15. The Morgan fingerprint density at radius 3 is 2.71 bits per heavy atom. The van der Waals surface area contributed by atoms with Crippen LogP contribution in [0.5, 0.6) is 5.75 Å². The minimum atomic E-state index is -0.205. The van der Waals surface area contributed by atoms with Crippen LogP contribution in [-0.4, -0.2) is 19.6 Å². The molecule has 1 unspecified atom stereocenters. The summed E-state index contributed by atoms with van der Waals surface area (Å²) in [6.07, 6.45) is 2.44. The fourth-order valence-corrected chi connectivity index (χ4v) is 2.55. The molecule has 0 saturated carbocycles. The molecule has 0 aliphatic carbocycles. The molecule has 0 aliphatic heterocycles. The van der Waals surface area contributed by atoms with E-state index in [4.69, 9.17) is 5.73 Å². The number of aromatic nitrogens is 3. The summed E-state index contributed by atoms with van der Waals surface area (Å²) in [5, 5.41) is 9.33. The molecule has 3 aromatic rings. The van der Waals surface area contributed by atoms with Crippen molar-refractivity contribution in [3.05, 3.63) is 54.0 Å². The van der Waals surface area contributed by atoms with Gasteiger partial charge in [-0.3, -0.25) is 0 Å². The second kappa shape index (κ2) is 5.54. The van der Waals surface area contributed by atoms with Gasteiger partial charge in [0.05, 0.1) is 6.04 Å². The second-order valence-electron chi connectivity index (χ2n) is 5.04. The van der Waals surface area contributed by atoms with Crippen molar-refractivity contribution >= 4 is 11.2 Å². The molecule has 2 heterocycles. The average Bonchev–Trinajstić information content (AvgIpc) is 2.88. The first kappa shape index (κ1) is 13.6. The number of nitrogens with two attached hydrogens (primary N) is 1. The SMILES string of the molecule is CCn1c(C(N)Cc2ccc(O)cc2)nc2cccnc21. The van der Waals surface area contributed by atoms with Crippen molar-refractivity contribution in [3.63, 3.8) is 0 Å². The monoisotopic (exact) mass is 282 g/mol. The van der Waals surface area contributed by atoms with Gasteiger partial charge in [-0.1, -0.05) is 12.1 Å². The van der Waals surface area contributed by atoms with E-state index >= 15 is 0 Å². The zero-order valence-corrected chi connectivity index (χ0v) is 11.9. The molecule has 0 amide bonds. The minimum absolute atomic E-state index is 0.205. The van der Waals surface area contributed by atoms with Crippen LogP contribution in [0.25, 0.3) is 11.2 Å². The van der Waals surface area contributed by atoms with Crippen LogP contribution in [0.2, 0.25) is 0 Å². The number of phenolic OH excluding ortho intramolecular Hbond substituents is 1. The van der Waals surface area contributed by atoms with Gasteiger partial charge in [0.15, 0.2) is 5.65 Å². The fourth-order valence-electron chi connectivity index (χ4n) is 2.55. The Balaban J connectivity index is 1.93. The van der Waals surface area contributed by atoms with E-state index in [1.807, 2.05) is 24.3 Å². The molecule has 2 aromatic heterocycles. The van der Waals surface area contributed by atoms with E-state index in [1.165, 1.54) is 0 Å². The lowest BCUT2D eigenvalue weighted by Gasteiger charge is -2.13. The number of imidazole rings is 1. The number of hydrogen-bond donors (Lipinski definition) is 2. The van der Waals surface area contributed by atoms with Crippen molar-refractivity contribution in [1.82, 2.24) is 14.5 Å². The predicted octanol–water partition coefficient (Wildman–Crippen LogP) is 2.40. The normalized spacial score (nSPS) is 12.7. The Kier molecular flexibility index (Phi) is 3.58.